The van der Waals surface area contributed by atoms with Crippen LogP contribution < -0.4 is 20.4 Å². The first kappa shape index (κ1) is 21.3. The standard InChI is InChI=1S/C28H24N4O2/c1-19(33)29-21-13-15-25-27(17-21)31(23-9-5-3-6-10-23)26-16-14-22(30-20(2)34)18-28(26)32(25)24-11-7-4-8-12-24/h3-18H,1-2H3,(H,29,33)(H,30,34). The summed E-state index contributed by atoms with van der Waals surface area (Å²) in [6.45, 7) is 3.01. The fourth-order valence-corrected chi connectivity index (χ4v) is 4.32. The molecule has 1 heterocycles. The number of amides is 2. The number of hydrogen-bond acceptors (Lipinski definition) is 4. The van der Waals surface area contributed by atoms with E-state index in [1.165, 1.54) is 13.8 Å². The number of para-hydroxylation sites is 2. The van der Waals surface area contributed by atoms with E-state index in [1.54, 1.807) is 0 Å². The van der Waals surface area contributed by atoms with Gasteiger partial charge in [0.1, 0.15) is 0 Å². The second-order valence-electron chi connectivity index (χ2n) is 8.11. The summed E-state index contributed by atoms with van der Waals surface area (Å²) in [6.07, 6.45) is 0. The highest BCUT2D eigenvalue weighted by Crippen LogP contribution is 2.55. The van der Waals surface area contributed by atoms with E-state index in [9.17, 15) is 9.59 Å². The molecule has 0 saturated carbocycles. The number of anilines is 8. The van der Waals surface area contributed by atoms with E-state index in [4.69, 9.17) is 0 Å². The molecule has 0 saturated heterocycles. The molecular weight excluding hydrogens is 424 g/mol. The summed E-state index contributed by atoms with van der Waals surface area (Å²) in [5, 5.41) is 5.81. The summed E-state index contributed by atoms with van der Waals surface area (Å²) < 4.78 is 0. The van der Waals surface area contributed by atoms with Crippen molar-refractivity contribution in [1.29, 1.82) is 0 Å². The average Bonchev–Trinajstić information content (AvgIpc) is 2.83. The summed E-state index contributed by atoms with van der Waals surface area (Å²) >= 11 is 0. The molecule has 0 bridgehead atoms. The van der Waals surface area contributed by atoms with Crippen LogP contribution in [0.2, 0.25) is 0 Å². The lowest BCUT2D eigenvalue weighted by molar-refractivity contribution is -0.115. The minimum Gasteiger partial charge on any atom is -0.326 e. The van der Waals surface area contributed by atoms with Gasteiger partial charge in [-0.15, -0.1) is 0 Å². The van der Waals surface area contributed by atoms with E-state index in [0.29, 0.717) is 0 Å². The normalized spacial score (nSPS) is 11.9. The highest BCUT2D eigenvalue weighted by atomic mass is 16.2. The zero-order valence-electron chi connectivity index (χ0n) is 18.9. The predicted octanol–water partition coefficient (Wildman–Crippen LogP) is 6.86. The largest absolute Gasteiger partial charge is 0.326 e. The highest BCUT2D eigenvalue weighted by Gasteiger charge is 2.31. The highest BCUT2D eigenvalue weighted by molar-refractivity contribution is 6.04. The van der Waals surface area contributed by atoms with Gasteiger partial charge in [-0.2, -0.15) is 0 Å². The number of benzene rings is 4. The van der Waals surface area contributed by atoms with E-state index in [2.05, 4.69) is 44.7 Å². The van der Waals surface area contributed by atoms with Gasteiger partial charge in [0.05, 0.1) is 22.7 Å². The molecule has 6 heteroatoms. The van der Waals surface area contributed by atoms with E-state index in [-0.39, 0.29) is 11.8 Å². The Morgan fingerprint density at radius 1 is 0.529 bits per heavy atom. The molecule has 0 spiro atoms. The predicted molar refractivity (Wildman–Crippen MR) is 138 cm³/mol. The Morgan fingerprint density at radius 3 is 1.26 bits per heavy atom. The molecule has 5 rings (SSSR count). The van der Waals surface area contributed by atoms with Crippen LogP contribution in [0.15, 0.2) is 97.1 Å². The maximum absolute atomic E-state index is 11.8. The van der Waals surface area contributed by atoms with Gasteiger partial charge in [0.25, 0.3) is 0 Å². The molecule has 0 radical (unpaired) electrons. The van der Waals surface area contributed by atoms with Gasteiger partial charge in [0.2, 0.25) is 11.8 Å². The third kappa shape index (κ3) is 3.97. The van der Waals surface area contributed by atoms with Crippen molar-refractivity contribution in [2.45, 2.75) is 13.8 Å². The Hall–Kier alpha value is -4.58. The van der Waals surface area contributed by atoms with Crippen molar-refractivity contribution in [3.8, 4) is 0 Å². The van der Waals surface area contributed by atoms with Crippen LogP contribution in [-0.2, 0) is 9.59 Å². The molecule has 0 atom stereocenters. The first-order valence-corrected chi connectivity index (χ1v) is 11.0. The molecule has 168 valence electrons. The van der Waals surface area contributed by atoms with Gasteiger partial charge in [-0.1, -0.05) is 36.4 Å². The van der Waals surface area contributed by atoms with Crippen molar-refractivity contribution < 1.29 is 9.59 Å². The molecule has 6 nitrogen and oxygen atoms in total. The van der Waals surface area contributed by atoms with Crippen molar-refractivity contribution >= 4 is 57.3 Å². The van der Waals surface area contributed by atoms with Crippen LogP contribution in [0.3, 0.4) is 0 Å². The number of nitrogens with one attached hydrogen (secondary N) is 2. The maximum atomic E-state index is 11.8. The third-order valence-corrected chi connectivity index (χ3v) is 5.58. The second kappa shape index (κ2) is 8.75. The van der Waals surface area contributed by atoms with E-state index in [0.717, 1.165) is 45.5 Å². The number of carbonyl (C=O) groups excluding carboxylic acids is 2. The zero-order chi connectivity index (χ0) is 23.7. The van der Waals surface area contributed by atoms with E-state index >= 15 is 0 Å². The molecule has 2 amide bonds. The third-order valence-electron chi connectivity index (χ3n) is 5.58. The average molecular weight is 449 g/mol. The summed E-state index contributed by atoms with van der Waals surface area (Å²) in [5.74, 6) is -0.246. The van der Waals surface area contributed by atoms with Crippen LogP contribution in [-0.4, -0.2) is 11.8 Å². The van der Waals surface area contributed by atoms with Crippen LogP contribution in [0.5, 0.6) is 0 Å². The Kier molecular flexibility index (Phi) is 5.47. The molecule has 34 heavy (non-hydrogen) atoms. The first-order chi connectivity index (χ1) is 16.5. The van der Waals surface area contributed by atoms with Crippen LogP contribution in [0.1, 0.15) is 13.8 Å². The van der Waals surface area contributed by atoms with Crippen molar-refractivity contribution in [3.63, 3.8) is 0 Å². The van der Waals surface area contributed by atoms with Crippen LogP contribution in [0.4, 0.5) is 45.5 Å². The fraction of sp³-hybridized carbons (Fsp3) is 0.0714. The Morgan fingerprint density at radius 2 is 0.912 bits per heavy atom. The lowest BCUT2D eigenvalue weighted by atomic mass is 10.0. The number of hydrogen-bond donors (Lipinski definition) is 2. The first-order valence-electron chi connectivity index (χ1n) is 11.0. The van der Waals surface area contributed by atoms with Gasteiger partial charge in [-0.25, -0.2) is 0 Å². The molecule has 0 aliphatic carbocycles. The zero-order valence-corrected chi connectivity index (χ0v) is 18.9. The molecule has 0 fully saturated rings. The Bertz CT molecular complexity index is 1260. The van der Waals surface area contributed by atoms with E-state index < -0.39 is 0 Å². The van der Waals surface area contributed by atoms with Crippen LogP contribution in [0, 0.1) is 0 Å². The van der Waals surface area contributed by atoms with Crippen molar-refractivity contribution in [1.82, 2.24) is 0 Å². The quantitative estimate of drug-likeness (QED) is 0.315. The molecule has 0 aromatic heterocycles. The summed E-state index contributed by atoms with van der Waals surface area (Å²) in [4.78, 5) is 27.9. The van der Waals surface area contributed by atoms with Crippen molar-refractivity contribution in [3.05, 3.63) is 97.1 Å². The molecular formula is C28H24N4O2. The molecule has 2 N–H and O–H groups in total. The fourth-order valence-electron chi connectivity index (χ4n) is 4.32. The lowest BCUT2D eigenvalue weighted by Gasteiger charge is -2.40. The Balaban J connectivity index is 1.78. The number of carbonyl (C=O) groups is 2. The van der Waals surface area contributed by atoms with Crippen LogP contribution in [0.25, 0.3) is 0 Å². The van der Waals surface area contributed by atoms with Crippen LogP contribution >= 0.6 is 0 Å². The molecule has 4 aromatic carbocycles. The second-order valence-corrected chi connectivity index (χ2v) is 8.11. The summed E-state index contributed by atoms with van der Waals surface area (Å²) in [6, 6.07) is 32.0. The van der Waals surface area contributed by atoms with Gasteiger partial charge in [0, 0.05) is 36.6 Å². The Labute approximate surface area is 198 Å². The minimum atomic E-state index is -0.123. The smallest absolute Gasteiger partial charge is 0.221 e. The SMILES string of the molecule is CC(=O)Nc1ccc2c(c1)N(c1ccccc1)c1ccc(NC(C)=O)cc1N2c1ccccc1. The van der Waals surface area contributed by atoms with Crippen molar-refractivity contribution in [2.24, 2.45) is 0 Å². The number of nitrogens with zero attached hydrogens (tertiary/aromatic N) is 2. The van der Waals surface area contributed by atoms with Gasteiger partial charge in [-0.05, 0) is 60.7 Å². The van der Waals surface area contributed by atoms with Gasteiger partial charge < -0.3 is 20.4 Å². The molecule has 4 aromatic rings. The van der Waals surface area contributed by atoms with Gasteiger partial charge in [0.15, 0.2) is 0 Å². The summed E-state index contributed by atoms with van der Waals surface area (Å²) in [5.41, 5.74) is 7.20. The lowest BCUT2D eigenvalue weighted by Crippen LogP contribution is -2.24. The number of fused-ring (bicyclic) bond motifs is 2. The monoisotopic (exact) mass is 448 g/mol. The molecule has 0 unspecified atom stereocenters. The number of rotatable bonds is 4. The van der Waals surface area contributed by atoms with Gasteiger partial charge >= 0.3 is 0 Å². The van der Waals surface area contributed by atoms with E-state index in [1.807, 2.05) is 72.8 Å². The maximum Gasteiger partial charge on any atom is 0.221 e. The van der Waals surface area contributed by atoms with Crippen molar-refractivity contribution in [2.75, 3.05) is 20.4 Å². The summed E-state index contributed by atoms with van der Waals surface area (Å²) in [7, 11) is 0. The van der Waals surface area contributed by atoms with Gasteiger partial charge in [-0.3, -0.25) is 9.59 Å². The minimum absolute atomic E-state index is 0.123. The topological polar surface area (TPSA) is 64.7 Å². The molecule has 1 aliphatic rings. The molecule has 1 aliphatic heterocycles.